The monoisotopic (exact) mass is 284 g/mol. The van der Waals surface area contributed by atoms with E-state index in [0.717, 1.165) is 5.56 Å². The number of benzene rings is 1. The predicted molar refractivity (Wildman–Crippen MR) is 71.2 cm³/mol. The second-order valence-corrected chi connectivity index (χ2v) is 5.18. The Bertz CT molecular complexity index is 484. The number of carbonyl (C=O) groups is 1. The highest BCUT2D eigenvalue weighted by Crippen LogP contribution is 2.43. The van der Waals surface area contributed by atoms with Crippen molar-refractivity contribution in [2.24, 2.45) is 0 Å². The van der Waals surface area contributed by atoms with E-state index in [9.17, 15) is 4.79 Å². The van der Waals surface area contributed by atoms with E-state index < -0.39 is 11.9 Å². The molecule has 2 rings (SSSR count). The average molecular weight is 285 g/mol. The van der Waals surface area contributed by atoms with Gasteiger partial charge in [-0.15, -0.1) is 0 Å². The first-order valence-corrected chi connectivity index (χ1v) is 6.61. The summed E-state index contributed by atoms with van der Waals surface area (Å²) in [4.78, 5) is 11.6. The molecule has 1 aliphatic rings. The number of halogens is 1. The second-order valence-electron chi connectivity index (χ2n) is 4.78. The molecule has 0 aliphatic carbocycles. The van der Waals surface area contributed by atoms with Crippen molar-refractivity contribution in [3.05, 3.63) is 28.8 Å². The molecular weight excluding hydrogens is 268 g/mol. The smallest absolute Gasteiger partial charge is 0.308 e. The zero-order chi connectivity index (χ0) is 14.0. The molecule has 0 amide bonds. The zero-order valence-electron chi connectivity index (χ0n) is 11.2. The molecule has 1 aliphatic heterocycles. The molecule has 0 saturated carbocycles. The highest BCUT2D eigenvalue weighted by atomic mass is 35.5. The van der Waals surface area contributed by atoms with Crippen molar-refractivity contribution < 1.29 is 19.0 Å². The minimum absolute atomic E-state index is 0.147. The summed E-state index contributed by atoms with van der Waals surface area (Å²) in [6, 6.07) is 5.41. The van der Waals surface area contributed by atoms with Crippen LogP contribution >= 0.6 is 11.6 Å². The van der Waals surface area contributed by atoms with E-state index in [1.165, 1.54) is 0 Å². The van der Waals surface area contributed by atoms with E-state index in [2.05, 4.69) is 0 Å². The molecule has 0 bridgehead atoms. The van der Waals surface area contributed by atoms with Crippen molar-refractivity contribution in [3.8, 4) is 5.75 Å². The first-order valence-electron chi connectivity index (χ1n) is 6.24. The SMILES string of the molecule is CCOC(=O)CC1OC(C)(C)Oc2c(Cl)cccc21. The van der Waals surface area contributed by atoms with Gasteiger partial charge in [-0.1, -0.05) is 23.7 Å². The Hall–Kier alpha value is -1.26. The van der Waals surface area contributed by atoms with Crippen molar-refractivity contribution in [1.29, 1.82) is 0 Å². The molecule has 0 saturated heterocycles. The van der Waals surface area contributed by atoms with Crippen LogP contribution in [0.15, 0.2) is 18.2 Å². The lowest BCUT2D eigenvalue weighted by Crippen LogP contribution is -2.38. The van der Waals surface area contributed by atoms with Crippen LogP contribution in [0.2, 0.25) is 5.02 Å². The normalized spacial score (nSPS) is 20.3. The van der Waals surface area contributed by atoms with Gasteiger partial charge in [0, 0.05) is 19.4 Å². The van der Waals surface area contributed by atoms with Crippen LogP contribution in [-0.4, -0.2) is 18.4 Å². The minimum Gasteiger partial charge on any atom is -0.466 e. The van der Waals surface area contributed by atoms with Crippen LogP contribution in [-0.2, 0) is 14.3 Å². The Morgan fingerprint density at radius 3 is 2.89 bits per heavy atom. The molecule has 0 radical (unpaired) electrons. The molecule has 5 heteroatoms. The van der Waals surface area contributed by atoms with E-state index in [1.807, 2.05) is 12.1 Å². The maximum Gasteiger partial charge on any atom is 0.308 e. The summed E-state index contributed by atoms with van der Waals surface area (Å²) in [6.07, 6.45) is -0.259. The van der Waals surface area contributed by atoms with Crippen molar-refractivity contribution in [3.63, 3.8) is 0 Å². The topological polar surface area (TPSA) is 44.8 Å². The molecule has 19 heavy (non-hydrogen) atoms. The number of carbonyl (C=O) groups excluding carboxylic acids is 1. The van der Waals surface area contributed by atoms with Gasteiger partial charge < -0.3 is 14.2 Å². The molecule has 1 aromatic rings. The van der Waals surface area contributed by atoms with Crippen LogP contribution in [0.5, 0.6) is 5.75 Å². The van der Waals surface area contributed by atoms with Crippen molar-refractivity contribution in [2.45, 2.75) is 39.1 Å². The summed E-state index contributed by atoms with van der Waals surface area (Å²) < 4.78 is 16.5. The Morgan fingerprint density at radius 1 is 1.47 bits per heavy atom. The standard InChI is InChI=1S/C14H17ClO4/c1-4-17-12(16)8-11-9-6-5-7-10(15)13(9)19-14(2,3)18-11/h5-7,11H,4,8H2,1-3H3. The Labute approximate surface area is 117 Å². The number of para-hydroxylation sites is 1. The van der Waals surface area contributed by atoms with Gasteiger partial charge in [0.25, 0.3) is 0 Å². The number of rotatable bonds is 3. The molecule has 1 atom stereocenters. The molecule has 0 N–H and O–H groups in total. The third-order valence-electron chi connectivity index (χ3n) is 2.78. The number of hydrogen-bond acceptors (Lipinski definition) is 4. The van der Waals surface area contributed by atoms with Gasteiger partial charge in [-0.25, -0.2) is 0 Å². The Morgan fingerprint density at radius 2 is 2.21 bits per heavy atom. The van der Waals surface area contributed by atoms with Gasteiger partial charge >= 0.3 is 5.97 Å². The maximum atomic E-state index is 11.6. The molecule has 104 valence electrons. The highest BCUT2D eigenvalue weighted by Gasteiger charge is 2.36. The van der Waals surface area contributed by atoms with Gasteiger partial charge in [0.05, 0.1) is 18.1 Å². The number of ether oxygens (including phenoxy) is 3. The van der Waals surface area contributed by atoms with Gasteiger partial charge in [0.15, 0.2) is 0 Å². The molecule has 1 aromatic carbocycles. The fraction of sp³-hybridized carbons (Fsp3) is 0.500. The number of fused-ring (bicyclic) bond motifs is 1. The summed E-state index contributed by atoms with van der Waals surface area (Å²) in [6.45, 7) is 5.71. The first-order chi connectivity index (χ1) is 8.93. The van der Waals surface area contributed by atoms with Crippen LogP contribution in [0.25, 0.3) is 0 Å². The molecule has 1 heterocycles. The van der Waals surface area contributed by atoms with Gasteiger partial charge in [-0.2, -0.15) is 0 Å². The largest absolute Gasteiger partial charge is 0.466 e. The van der Waals surface area contributed by atoms with Crippen LogP contribution in [0.4, 0.5) is 0 Å². The van der Waals surface area contributed by atoms with Gasteiger partial charge in [-0.3, -0.25) is 4.79 Å². The van der Waals surface area contributed by atoms with Gasteiger partial charge in [0.1, 0.15) is 11.9 Å². The summed E-state index contributed by atoms with van der Waals surface area (Å²) >= 11 is 6.14. The highest BCUT2D eigenvalue weighted by molar-refractivity contribution is 6.32. The summed E-state index contributed by atoms with van der Waals surface area (Å²) in [5.41, 5.74) is 0.778. The Balaban J connectivity index is 2.30. The van der Waals surface area contributed by atoms with E-state index in [-0.39, 0.29) is 12.4 Å². The summed E-state index contributed by atoms with van der Waals surface area (Å²) in [7, 11) is 0. The fourth-order valence-electron chi connectivity index (χ4n) is 2.09. The van der Waals surface area contributed by atoms with E-state index in [4.69, 9.17) is 25.8 Å². The molecule has 0 spiro atoms. The average Bonchev–Trinajstić information content (AvgIpc) is 2.30. The zero-order valence-corrected chi connectivity index (χ0v) is 12.0. The summed E-state index contributed by atoms with van der Waals surface area (Å²) in [5, 5.41) is 0.516. The maximum absolute atomic E-state index is 11.6. The van der Waals surface area contributed by atoms with E-state index in [0.29, 0.717) is 17.4 Å². The van der Waals surface area contributed by atoms with Crippen molar-refractivity contribution in [1.82, 2.24) is 0 Å². The molecule has 0 fully saturated rings. The third kappa shape index (κ3) is 3.19. The van der Waals surface area contributed by atoms with E-state index >= 15 is 0 Å². The number of hydrogen-bond donors (Lipinski definition) is 0. The van der Waals surface area contributed by atoms with Crippen LogP contribution in [0, 0.1) is 0 Å². The van der Waals surface area contributed by atoms with Crippen molar-refractivity contribution in [2.75, 3.05) is 6.61 Å². The van der Waals surface area contributed by atoms with Gasteiger partial charge in [0.2, 0.25) is 5.79 Å². The quantitative estimate of drug-likeness (QED) is 0.797. The Kier molecular flexibility index (Phi) is 4.02. The van der Waals surface area contributed by atoms with Crippen LogP contribution in [0.3, 0.4) is 0 Å². The lowest BCUT2D eigenvalue weighted by molar-refractivity contribution is -0.210. The third-order valence-corrected chi connectivity index (χ3v) is 3.07. The minimum atomic E-state index is -0.824. The molecular formula is C14H17ClO4. The molecule has 1 unspecified atom stereocenters. The lowest BCUT2D eigenvalue weighted by atomic mass is 10.0. The second kappa shape index (κ2) is 5.39. The molecule has 0 aromatic heterocycles. The van der Waals surface area contributed by atoms with Crippen LogP contribution in [0.1, 0.15) is 38.9 Å². The van der Waals surface area contributed by atoms with Gasteiger partial charge in [-0.05, 0) is 13.0 Å². The fourth-order valence-corrected chi connectivity index (χ4v) is 2.31. The van der Waals surface area contributed by atoms with E-state index in [1.54, 1.807) is 26.8 Å². The first kappa shape index (κ1) is 14.2. The summed E-state index contributed by atoms with van der Waals surface area (Å²) in [5.74, 6) is -0.541. The predicted octanol–water partition coefficient (Wildman–Crippen LogP) is 3.48. The number of esters is 1. The molecule has 4 nitrogen and oxygen atoms in total. The van der Waals surface area contributed by atoms with Crippen LogP contribution < -0.4 is 4.74 Å². The lowest BCUT2D eigenvalue weighted by Gasteiger charge is -2.37. The van der Waals surface area contributed by atoms with Crippen molar-refractivity contribution >= 4 is 17.6 Å².